The van der Waals surface area contributed by atoms with Crippen LogP contribution in [0.1, 0.15) is 5.48 Å². The normalized spacial score (nSPS) is 15.0. The maximum atomic E-state index is 8.67. The summed E-state index contributed by atoms with van der Waals surface area (Å²) in [7, 11) is 0. The summed E-state index contributed by atoms with van der Waals surface area (Å²) in [5.41, 5.74) is 8.40. The molecule has 2 nitrogen and oxygen atoms in total. The van der Waals surface area contributed by atoms with Crippen LogP contribution in [0.25, 0.3) is 55.0 Å². The average molecular weight is 563 g/mol. The monoisotopic (exact) mass is 562 g/mol. The van der Waals surface area contributed by atoms with Gasteiger partial charge in [0.1, 0.15) is 22.3 Å². The van der Waals surface area contributed by atoms with Gasteiger partial charge in [-0.3, -0.25) is 0 Å². The number of rotatable bonds is 1. The summed E-state index contributed by atoms with van der Waals surface area (Å²) in [6.07, 6.45) is 0. The zero-order chi connectivity index (χ0) is 30.1. The number of fused-ring (bicyclic) bond motifs is 11. The van der Waals surface area contributed by atoms with Crippen LogP contribution in [0.5, 0.6) is 0 Å². The fourth-order valence-electron chi connectivity index (χ4n) is 6.52. The molecule has 4 heterocycles. The van der Waals surface area contributed by atoms with E-state index in [9.17, 15) is 0 Å². The summed E-state index contributed by atoms with van der Waals surface area (Å²) in [5.74, 6) is 0. The molecule has 0 spiro atoms. The van der Waals surface area contributed by atoms with Gasteiger partial charge in [-0.05, 0) is 46.9 Å². The van der Waals surface area contributed by atoms with Crippen LogP contribution >= 0.6 is 23.5 Å². The molecular formula is C36H19BO2S2. The van der Waals surface area contributed by atoms with E-state index in [2.05, 4.69) is 60.7 Å². The second-order valence-corrected chi connectivity index (χ2v) is 12.7. The Labute approximate surface area is 250 Å². The van der Waals surface area contributed by atoms with E-state index in [0.29, 0.717) is 16.4 Å². The van der Waals surface area contributed by atoms with E-state index in [1.165, 1.54) is 15.8 Å². The zero-order valence-electron chi connectivity index (χ0n) is 25.4. The molecule has 0 aliphatic carbocycles. The molecule has 10 rings (SSSR count). The number of benzene rings is 6. The quantitative estimate of drug-likeness (QED) is 0.187. The van der Waals surface area contributed by atoms with Crippen LogP contribution < -0.4 is 16.4 Å². The lowest BCUT2D eigenvalue weighted by Gasteiger charge is -2.33. The van der Waals surface area contributed by atoms with Gasteiger partial charge < -0.3 is 8.83 Å². The van der Waals surface area contributed by atoms with Crippen LogP contribution in [-0.4, -0.2) is 6.71 Å². The van der Waals surface area contributed by atoms with Crippen molar-refractivity contribution in [3.05, 3.63) is 115 Å². The predicted octanol–water partition coefficient (Wildman–Crippen LogP) is 8.60. The largest absolute Gasteiger partial charge is 0.456 e. The highest BCUT2D eigenvalue weighted by Crippen LogP contribution is 2.45. The minimum absolute atomic E-state index is 0.0626. The Bertz CT molecular complexity index is 2610. The van der Waals surface area contributed by atoms with E-state index in [4.69, 9.17) is 14.3 Å². The first-order chi connectivity index (χ1) is 22.0. The van der Waals surface area contributed by atoms with E-state index in [1.54, 1.807) is 23.5 Å². The highest BCUT2D eigenvalue weighted by molar-refractivity contribution is 8.01. The Kier molecular flexibility index (Phi) is 3.75. The molecule has 0 atom stereocenters. The van der Waals surface area contributed by atoms with Gasteiger partial charge in [-0.1, -0.05) is 119 Å². The summed E-state index contributed by atoms with van der Waals surface area (Å²) >= 11 is 3.45. The van der Waals surface area contributed by atoms with Gasteiger partial charge in [0.05, 0.1) is 10.4 Å². The standard InChI is InChI=1S/C36H19BO2S2/c1-2-8-20(9-3-1)21-16-32-34-33(17-21)41-36-26(15-14-24-22-10-4-7-13-29(22)39-35(24)36)37(34)27-18-25-23-11-5-6-12-28(23)38-30(25)19-31(27)40-32/h1-19H/i4D,7D,10D,13D. The van der Waals surface area contributed by atoms with Crippen molar-refractivity contribution in [2.75, 3.05) is 0 Å². The van der Waals surface area contributed by atoms with Gasteiger partial charge in [-0.15, -0.1) is 0 Å². The third-order valence-corrected chi connectivity index (χ3v) is 10.6. The summed E-state index contributed by atoms with van der Waals surface area (Å²) in [4.78, 5) is 4.45. The molecule has 41 heavy (non-hydrogen) atoms. The Morgan fingerprint density at radius 1 is 0.561 bits per heavy atom. The summed E-state index contributed by atoms with van der Waals surface area (Å²) in [6, 6.07) is 30.9. The van der Waals surface area contributed by atoms with Crippen LogP contribution in [0.2, 0.25) is 0 Å². The number of hydrogen-bond acceptors (Lipinski definition) is 4. The highest BCUT2D eigenvalue weighted by atomic mass is 32.2. The molecule has 5 heteroatoms. The first kappa shape index (κ1) is 18.9. The van der Waals surface area contributed by atoms with Gasteiger partial charge in [-0.25, -0.2) is 0 Å². The van der Waals surface area contributed by atoms with E-state index in [0.717, 1.165) is 53.2 Å². The minimum atomic E-state index is -0.287. The second-order valence-electron chi connectivity index (χ2n) is 10.5. The minimum Gasteiger partial charge on any atom is -0.456 e. The van der Waals surface area contributed by atoms with Gasteiger partial charge in [-0.2, -0.15) is 0 Å². The van der Waals surface area contributed by atoms with Crippen molar-refractivity contribution in [2.24, 2.45) is 0 Å². The Morgan fingerprint density at radius 3 is 2.32 bits per heavy atom. The van der Waals surface area contributed by atoms with Gasteiger partial charge in [0.25, 0.3) is 0 Å². The predicted molar refractivity (Wildman–Crippen MR) is 172 cm³/mol. The second kappa shape index (κ2) is 8.13. The van der Waals surface area contributed by atoms with Crippen LogP contribution in [0, 0.1) is 0 Å². The van der Waals surface area contributed by atoms with Gasteiger partial charge in [0.2, 0.25) is 6.71 Å². The van der Waals surface area contributed by atoms with Crippen molar-refractivity contribution < 1.29 is 14.3 Å². The van der Waals surface area contributed by atoms with Crippen LogP contribution in [0.3, 0.4) is 0 Å². The Morgan fingerprint density at radius 2 is 1.39 bits per heavy atom. The number of para-hydroxylation sites is 2. The van der Waals surface area contributed by atoms with Gasteiger partial charge in [0.15, 0.2) is 0 Å². The van der Waals surface area contributed by atoms with Gasteiger partial charge in [0, 0.05) is 36.2 Å². The number of hydrogen-bond donors (Lipinski definition) is 0. The first-order valence-corrected chi connectivity index (χ1v) is 15.1. The maximum absolute atomic E-state index is 8.67. The molecule has 0 N–H and O–H groups in total. The van der Waals surface area contributed by atoms with Crippen molar-refractivity contribution in [2.45, 2.75) is 19.6 Å². The fourth-order valence-corrected chi connectivity index (χ4v) is 9.10. The summed E-state index contributed by atoms with van der Waals surface area (Å²) < 4.78 is 46.5. The lowest BCUT2D eigenvalue weighted by atomic mass is 9.36. The third kappa shape index (κ3) is 3.08. The van der Waals surface area contributed by atoms with Crippen LogP contribution in [0.4, 0.5) is 0 Å². The summed E-state index contributed by atoms with van der Waals surface area (Å²) in [5, 5.41) is 3.30. The molecule has 0 amide bonds. The molecule has 2 aliphatic heterocycles. The Hall–Kier alpha value is -4.32. The zero-order valence-corrected chi connectivity index (χ0v) is 23.0. The molecule has 0 fully saturated rings. The number of furan rings is 2. The molecule has 0 bridgehead atoms. The molecule has 8 aromatic rings. The maximum Gasteiger partial charge on any atom is 0.247 e. The smallest absolute Gasteiger partial charge is 0.247 e. The van der Waals surface area contributed by atoms with Gasteiger partial charge >= 0.3 is 0 Å². The van der Waals surface area contributed by atoms with E-state index < -0.39 is 0 Å². The van der Waals surface area contributed by atoms with Crippen molar-refractivity contribution in [3.63, 3.8) is 0 Å². The lowest BCUT2D eigenvalue weighted by Crippen LogP contribution is -2.58. The Balaban J connectivity index is 1.30. The fraction of sp³-hybridized carbons (Fsp3) is 0. The van der Waals surface area contributed by atoms with Crippen molar-refractivity contribution >= 4 is 90.5 Å². The van der Waals surface area contributed by atoms with Crippen molar-refractivity contribution in [1.82, 2.24) is 0 Å². The summed E-state index contributed by atoms with van der Waals surface area (Å²) in [6.45, 7) is -0.0626. The average Bonchev–Trinajstić information content (AvgIpc) is 3.64. The van der Waals surface area contributed by atoms with Crippen LogP contribution in [-0.2, 0) is 0 Å². The molecular weight excluding hydrogens is 539 g/mol. The SMILES string of the molecule is [2H]c1c([2H])c([2H])c2c(oc3c4c(ccc32)B2c3cc5c(cc3Sc3cc(-c6ccccc6)cc(c32)S4)oc2ccccc25)c1[2H]. The lowest BCUT2D eigenvalue weighted by molar-refractivity contribution is 0.661. The molecule has 0 radical (unpaired) electrons. The molecule has 2 aromatic heterocycles. The molecule has 190 valence electrons. The van der Waals surface area contributed by atoms with E-state index >= 15 is 0 Å². The highest BCUT2D eigenvalue weighted by Gasteiger charge is 2.40. The molecule has 6 aromatic carbocycles. The first-order valence-electron chi connectivity index (χ1n) is 15.5. The third-order valence-electron chi connectivity index (χ3n) is 8.33. The van der Waals surface area contributed by atoms with Crippen molar-refractivity contribution in [3.8, 4) is 11.1 Å². The molecule has 2 aliphatic rings. The molecule has 0 saturated carbocycles. The molecule has 0 saturated heterocycles. The van der Waals surface area contributed by atoms with Crippen LogP contribution in [0.15, 0.2) is 144 Å². The van der Waals surface area contributed by atoms with Crippen molar-refractivity contribution in [1.29, 1.82) is 0 Å². The topological polar surface area (TPSA) is 26.3 Å². The van der Waals surface area contributed by atoms with E-state index in [1.807, 2.05) is 30.3 Å². The molecule has 0 unspecified atom stereocenters. The van der Waals surface area contributed by atoms with E-state index in [-0.39, 0.29) is 36.5 Å².